The number of rotatable bonds is 12. The van der Waals surface area contributed by atoms with Gasteiger partial charge in [0.15, 0.2) is 0 Å². The molecule has 4 nitrogen and oxygen atoms in total. The SMILES string of the molecule is CCCCCCCCCCCC[N+]1(N2C(C)(C)CCCC2(C)C)C(=O)CCC1=O. The largest absolute Gasteiger partial charge is 0.341 e. The molecule has 0 aromatic rings. The topological polar surface area (TPSA) is 37.4 Å². The monoisotopic (exact) mass is 407 g/mol. The van der Waals surface area contributed by atoms with Crippen LogP contribution in [0.15, 0.2) is 0 Å². The lowest BCUT2D eigenvalue weighted by Gasteiger charge is -2.56. The maximum Gasteiger partial charge on any atom is 0.341 e. The highest BCUT2D eigenvalue weighted by molar-refractivity contribution is 5.91. The van der Waals surface area contributed by atoms with Crippen molar-refractivity contribution in [3.05, 3.63) is 0 Å². The van der Waals surface area contributed by atoms with Gasteiger partial charge in [-0.15, -0.1) is 9.60 Å². The molecule has 0 N–H and O–H groups in total. The summed E-state index contributed by atoms with van der Waals surface area (Å²) >= 11 is 0. The van der Waals surface area contributed by atoms with Gasteiger partial charge in [0, 0.05) is 0 Å². The molecule has 0 aromatic carbocycles. The third kappa shape index (κ3) is 5.70. The summed E-state index contributed by atoms with van der Waals surface area (Å²) in [6.07, 6.45) is 16.8. The van der Waals surface area contributed by atoms with Crippen molar-refractivity contribution < 1.29 is 14.2 Å². The molecule has 0 saturated carbocycles. The van der Waals surface area contributed by atoms with Gasteiger partial charge in [0.2, 0.25) is 0 Å². The molecule has 4 heteroatoms. The first-order valence-corrected chi connectivity index (χ1v) is 12.4. The molecular formula is C25H47N2O2+. The Morgan fingerprint density at radius 1 is 0.724 bits per heavy atom. The average Bonchev–Trinajstić information content (AvgIpc) is 2.90. The van der Waals surface area contributed by atoms with Gasteiger partial charge in [0.05, 0.1) is 23.9 Å². The minimum Gasteiger partial charge on any atom is -0.228 e. The minimum absolute atomic E-state index is 0.00296. The molecule has 2 fully saturated rings. The number of hydrogen-bond acceptors (Lipinski definition) is 3. The van der Waals surface area contributed by atoms with E-state index in [9.17, 15) is 9.59 Å². The zero-order valence-electron chi connectivity index (χ0n) is 20.0. The van der Waals surface area contributed by atoms with E-state index in [4.69, 9.17) is 0 Å². The molecule has 2 aliphatic heterocycles. The van der Waals surface area contributed by atoms with Crippen LogP contribution in [-0.2, 0) is 9.59 Å². The molecule has 0 unspecified atom stereocenters. The quantitative estimate of drug-likeness (QED) is 0.210. The first kappa shape index (κ1) is 24.5. The van der Waals surface area contributed by atoms with Crippen molar-refractivity contribution >= 4 is 11.8 Å². The van der Waals surface area contributed by atoms with E-state index in [0.717, 1.165) is 32.1 Å². The molecule has 0 aromatic heterocycles. The Bertz CT molecular complexity index is 521. The van der Waals surface area contributed by atoms with Crippen LogP contribution in [0.3, 0.4) is 0 Å². The first-order chi connectivity index (χ1) is 13.7. The molecule has 0 spiro atoms. The summed E-state index contributed by atoms with van der Waals surface area (Å²) in [5.41, 5.74) is -0.258. The van der Waals surface area contributed by atoms with Gasteiger partial charge >= 0.3 is 11.8 Å². The van der Waals surface area contributed by atoms with Gasteiger partial charge in [-0.25, -0.2) is 9.59 Å². The van der Waals surface area contributed by atoms with Gasteiger partial charge < -0.3 is 0 Å². The van der Waals surface area contributed by atoms with E-state index in [1.807, 2.05) is 0 Å². The van der Waals surface area contributed by atoms with Crippen LogP contribution >= 0.6 is 0 Å². The fraction of sp³-hybridized carbons (Fsp3) is 0.920. The van der Waals surface area contributed by atoms with E-state index in [0.29, 0.717) is 19.4 Å². The van der Waals surface area contributed by atoms with Gasteiger partial charge in [0.1, 0.15) is 6.54 Å². The van der Waals surface area contributed by atoms with Crippen LogP contribution in [0.4, 0.5) is 0 Å². The molecule has 0 bridgehead atoms. The van der Waals surface area contributed by atoms with Crippen LogP contribution < -0.4 is 0 Å². The summed E-state index contributed by atoms with van der Waals surface area (Å²) in [4.78, 5) is 26.4. The number of likely N-dealkylation sites (tertiary alicyclic amines) is 1. The third-order valence-corrected chi connectivity index (χ3v) is 7.28. The molecular weight excluding hydrogens is 360 g/mol. The van der Waals surface area contributed by atoms with E-state index in [2.05, 4.69) is 39.6 Å². The van der Waals surface area contributed by atoms with Gasteiger partial charge in [-0.05, 0) is 59.8 Å². The molecule has 2 aliphatic rings. The van der Waals surface area contributed by atoms with Gasteiger partial charge in [-0.3, -0.25) is 0 Å². The maximum atomic E-state index is 13.2. The normalized spacial score (nSPS) is 23.6. The second kappa shape index (κ2) is 10.5. The summed E-state index contributed by atoms with van der Waals surface area (Å²) in [6, 6.07) is 0. The van der Waals surface area contributed by atoms with Crippen molar-refractivity contribution in [2.24, 2.45) is 0 Å². The lowest BCUT2D eigenvalue weighted by atomic mass is 9.81. The second-order valence-corrected chi connectivity index (χ2v) is 10.8. The molecule has 0 atom stereocenters. The Morgan fingerprint density at radius 3 is 1.59 bits per heavy atom. The van der Waals surface area contributed by atoms with Crippen molar-refractivity contribution in [2.45, 2.75) is 142 Å². The minimum atomic E-state index is -0.129. The van der Waals surface area contributed by atoms with E-state index >= 15 is 0 Å². The number of carbonyl (C=O) groups excluding carboxylic acids is 2. The number of unbranched alkanes of at least 4 members (excludes halogenated alkanes) is 9. The summed E-state index contributed by atoms with van der Waals surface area (Å²) in [7, 11) is 0. The predicted octanol–water partition coefficient (Wildman–Crippen LogP) is 6.53. The highest BCUT2D eigenvalue weighted by Gasteiger charge is 2.63. The van der Waals surface area contributed by atoms with Crippen LogP contribution in [0.2, 0.25) is 0 Å². The van der Waals surface area contributed by atoms with E-state index in [1.54, 1.807) is 0 Å². The Balaban J connectivity index is 1.94. The third-order valence-electron chi connectivity index (χ3n) is 7.28. The second-order valence-electron chi connectivity index (χ2n) is 10.8. The Kier molecular flexibility index (Phi) is 8.90. The highest BCUT2D eigenvalue weighted by atomic mass is 16.2. The van der Waals surface area contributed by atoms with Crippen LogP contribution in [-0.4, -0.2) is 39.0 Å². The number of quaternary nitrogens is 1. The van der Waals surface area contributed by atoms with Crippen molar-refractivity contribution in [3.63, 3.8) is 0 Å². The first-order valence-electron chi connectivity index (χ1n) is 12.4. The predicted molar refractivity (Wildman–Crippen MR) is 120 cm³/mol. The van der Waals surface area contributed by atoms with Crippen molar-refractivity contribution in [1.29, 1.82) is 0 Å². The van der Waals surface area contributed by atoms with Crippen LogP contribution in [0.1, 0.15) is 131 Å². The summed E-state index contributed by atoms with van der Waals surface area (Å²) in [5.74, 6) is 0.267. The fourth-order valence-electron chi connectivity index (χ4n) is 6.03. The Labute approximate surface area is 180 Å². The molecule has 2 rings (SSSR count). The highest BCUT2D eigenvalue weighted by Crippen LogP contribution is 2.45. The van der Waals surface area contributed by atoms with Gasteiger partial charge in [-0.2, -0.15) is 0 Å². The summed E-state index contributed by atoms with van der Waals surface area (Å²) in [5, 5.41) is 2.31. The van der Waals surface area contributed by atoms with Gasteiger partial charge in [-0.1, -0.05) is 58.3 Å². The molecule has 29 heavy (non-hydrogen) atoms. The zero-order chi connectivity index (χ0) is 21.5. The number of nitrogens with zero attached hydrogens (tertiary/aromatic N) is 2. The van der Waals surface area contributed by atoms with E-state index in [-0.39, 0.29) is 27.5 Å². The lowest BCUT2D eigenvalue weighted by molar-refractivity contribution is -0.919. The number of hydrogen-bond donors (Lipinski definition) is 0. The molecule has 0 radical (unpaired) electrons. The number of piperidine rings is 1. The molecule has 0 aliphatic carbocycles. The smallest absolute Gasteiger partial charge is 0.228 e. The number of imide groups is 1. The van der Waals surface area contributed by atoms with E-state index < -0.39 is 0 Å². The van der Waals surface area contributed by atoms with Crippen molar-refractivity contribution in [2.75, 3.05) is 6.54 Å². The molecule has 2 heterocycles. The number of carbonyl (C=O) groups is 2. The Morgan fingerprint density at radius 2 is 1.14 bits per heavy atom. The van der Waals surface area contributed by atoms with Crippen molar-refractivity contribution in [1.82, 2.24) is 5.01 Å². The van der Waals surface area contributed by atoms with Gasteiger partial charge in [0.25, 0.3) is 0 Å². The van der Waals surface area contributed by atoms with Crippen molar-refractivity contribution in [3.8, 4) is 0 Å². The van der Waals surface area contributed by atoms with E-state index in [1.165, 1.54) is 51.4 Å². The van der Waals surface area contributed by atoms with Crippen LogP contribution in [0, 0.1) is 0 Å². The zero-order valence-corrected chi connectivity index (χ0v) is 20.0. The summed E-state index contributed by atoms with van der Waals surface area (Å²) in [6.45, 7) is 11.8. The van der Waals surface area contributed by atoms with Crippen LogP contribution in [0.25, 0.3) is 0 Å². The average molecular weight is 408 g/mol. The molecule has 168 valence electrons. The fourth-order valence-corrected chi connectivity index (χ4v) is 6.03. The van der Waals surface area contributed by atoms with Crippen LogP contribution in [0.5, 0.6) is 0 Å². The maximum absolute atomic E-state index is 13.2. The molecule has 2 saturated heterocycles. The summed E-state index contributed by atoms with van der Waals surface area (Å²) < 4.78 is -0.00296. The number of amides is 2. The standard InChI is InChI=1S/C25H47N2O2/c1-6-7-8-9-10-11-12-13-14-15-21-27(22(28)17-18-23(27)29)26-24(2,3)19-16-20-25(26,4)5/h6-21H2,1-5H3/q+1. The molecule has 2 amide bonds. The Hall–Kier alpha value is -0.740. The lowest BCUT2D eigenvalue weighted by Crippen LogP contribution is -2.76.